The Balaban J connectivity index is 0.000000329. The van der Waals surface area contributed by atoms with Crippen LogP contribution >= 0.6 is 0 Å². The van der Waals surface area contributed by atoms with Crippen LogP contribution in [-0.2, 0) is 19.1 Å². The van der Waals surface area contributed by atoms with Crippen LogP contribution in [0.3, 0.4) is 0 Å². The van der Waals surface area contributed by atoms with Crippen molar-refractivity contribution in [2.75, 3.05) is 27.2 Å². The van der Waals surface area contributed by atoms with Crippen molar-refractivity contribution in [1.29, 1.82) is 0 Å². The minimum atomic E-state index is -0.586. The first-order valence-electron chi connectivity index (χ1n) is 15.7. The fourth-order valence-electron chi connectivity index (χ4n) is 5.65. The molecule has 2 saturated heterocycles. The average Bonchev–Trinajstić information content (AvgIpc) is 3.46. The van der Waals surface area contributed by atoms with Crippen molar-refractivity contribution in [2.45, 2.75) is 105 Å². The Bertz CT molecular complexity index is 1140. The number of ether oxygens (including phenoxy) is 2. The lowest BCUT2D eigenvalue weighted by Crippen LogP contribution is -2.48. The third-order valence-electron chi connectivity index (χ3n) is 8.19. The summed E-state index contributed by atoms with van der Waals surface area (Å²) < 4.78 is 10.8. The van der Waals surface area contributed by atoms with E-state index in [0.717, 1.165) is 5.56 Å². The molecule has 0 saturated carbocycles. The van der Waals surface area contributed by atoms with Crippen LogP contribution < -0.4 is 5.32 Å². The van der Waals surface area contributed by atoms with Gasteiger partial charge >= 0.3 is 12.2 Å². The molecule has 0 bridgehead atoms. The van der Waals surface area contributed by atoms with Gasteiger partial charge in [-0.25, -0.2) is 9.59 Å². The minimum Gasteiger partial charge on any atom is -0.444 e. The van der Waals surface area contributed by atoms with Gasteiger partial charge in [0.2, 0.25) is 11.8 Å². The second-order valence-corrected chi connectivity index (χ2v) is 14.7. The van der Waals surface area contributed by atoms with Crippen molar-refractivity contribution >= 4 is 24.0 Å². The van der Waals surface area contributed by atoms with Gasteiger partial charge in [-0.3, -0.25) is 19.4 Å². The van der Waals surface area contributed by atoms with Crippen LogP contribution in [0.2, 0.25) is 0 Å². The molecule has 2 aliphatic rings. The van der Waals surface area contributed by atoms with Crippen LogP contribution in [-0.4, -0.2) is 89.2 Å². The van der Waals surface area contributed by atoms with Crippen molar-refractivity contribution in [2.24, 2.45) is 23.7 Å². The van der Waals surface area contributed by atoms with Crippen molar-refractivity contribution in [3.63, 3.8) is 0 Å². The largest absolute Gasteiger partial charge is 0.444 e. The number of nitrogens with one attached hydrogen (secondary N) is 1. The second kappa shape index (κ2) is 14.7. The Hall–Kier alpha value is -3.30. The number of nitrogens with zero attached hydrogens (tertiary/aromatic N) is 3. The molecule has 0 aromatic heterocycles. The normalized spacial score (nSPS) is 22.8. The molecular weight excluding hydrogens is 560 g/mol. The molecule has 1 N–H and O–H groups in total. The van der Waals surface area contributed by atoms with Crippen molar-refractivity contribution in [3.8, 4) is 0 Å². The van der Waals surface area contributed by atoms with E-state index < -0.39 is 35.5 Å². The standard InChI is InChI=1S/C21H32N2O3.C13H24N2O3/c1-14(2)17-13-23(15(3)16-11-9-8-10-12-16)19(24)18(17)22(7)20(25)26-21(4,5)6;1-8(2)9-7-14-11(16)10(9)15(6)12(17)18-13(3,4)5/h8-12,14-15,17-18H,13H2,1-7H3;8-10H,7H2,1-6H3,(H,14,16)/t15-,17+,18-;9-,10+/m01/s1. The van der Waals surface area contributed by atoms with Gasteiger partial charge in [-0.05, 0) is 65.9 Å². The van der Waals surface area contributed by atoms with E-state index in [1.54, 1.807) is 14.1 Å². The van der Waals surface area contributed by atoms with Gasteiger partial charge in [0.1, 0.15) is 23.3 Å². The lowest BCUT2D eigenvalue weighted by Gasteiger charge is -2.31. The summed E-state index contributed by atoms with van der Waals surface area (Å²) in [5.41, 5.74) is -0.0330. The number of benzene rings is 1. The number of likely N-dealkylation sites (tertiary alicyclic amines) is 1. The lowest BCUT2D eigenvalue weighted by atomic mass is 9.90. The molecule has 10 nitrogen and oxygen atoms in total. The highest BCUT2D eigenvalue weighted by atomic mass is 16.6. The predicted octanol–water partition coefficient (Wildman–Crippen LogP) is 5.72. The van der Waals surface area contributed by atoms with E-state index in [1.807, 2.05) is 83.7 Å². The zero-order chi connectivity index (χ0) is 33.7. The Morgan fingerprint density at radius 2 is 1.25 bits per heavy atom. The zero-order valence-electron chi connectivity index (χ0n) is 29.1. The fourth-order valence-corrected chi connectivity index (χ4v) is 5.65. The molecule has 10 heteroatoms. The van der Waals surface area contributed by atoms with Gasteiger partial charge in [0.05, 0.1) is 6.04 Å². The fraction of sp³-hybridized carbons (Fsp3) is 0.706. The van der Waals surface area contributed by atoms with Gasteiger partial charge < -0.3 is 19.7 Å². The maximum absolute atomic E-state index is 13.2. The maximum Gasteiger partial charge on any atom is 0.410 e. The van der Waals surface area contributed by atoms with Gasteiger partial charge in [0.15, 0.2) is 0 Å². The summed E-state index contributed by atoms with van der Waals surface area (Å²) in [6, 6.07) is 9.06. The molecule has 4 amide bonds. The third kappa shape index (κ3) is 9.60. The topological polar surface area (TPSA) is 108 Å². The van der Waals surface area contributed by atoms with Crippen LogP contribution in [0.5, 0.6) is 0 Å². The molecule has 0 aliphatic carbocycles. The highest BCUT2D eigenvalue weighted by Gasteiger charge is 2.48. The van der Waals surface area contributed by atoms with E-state index in [1.165, 1.54) is 9.80 Å². The number of likely N-dealkylation sites (N-methyl/N-ethyl adjacent to an activating group) is 2. The Morgan fingerprint density at radius 3 is 1.68 bits per heavy atom. The van der Waals surface area contributed by atoms with E-state index in [2.05, 4.69) is 33.0 Å². The molecule has 1 aromatic carbocycles. The highest BCUT2D eigenvalue weighted by Crippen LogP contribution is 2.35. The van der Waals surface area contributed by atoms with Crippen LogP contribution in [0.25, 0.3) is 0 Å². The summed E-state index contributed by atoms with van der Waals surface area (Å²) in [6.07, 6.45) is -0.897. The Kier molecular flexibility index (Phi) is 12.3. The number of carbonyl (C=O) groups excluding carboxylic acids is 4. The first kappa shape index (κ1) is 36.9. The Morgan fingerprint density at radius 1 is 0.795 bits per heavy atom. The molecule has 2 fully saturated rings. The number of amides is 4. The van der Waals surface area contributed by atoms with E-state index in [9.17, 15) is 19.2 Å². The summed E-state index contributed by atoms with van der Waals surface area (Å²) in [7, 11) is 3.29. The molecule has 1 aromatic rings. The number of hydrogen-bond donors (Lipinski definition) is 1. The third-order valence-corrected chi connectivity index (χ3v) is 8.19. The van der Waals surface area contributed by atoms with E-state index in [0.29, 0.717) is 19.0 Å². The first-order chi connectivity index (χ1) is 20.2. The number of carbonyl (C=O) groups is 4. The van der Waals surface area contributed by atoms with Crippen molar-refractivity contribution in [3.05, 3.63) is 35.9 Å². The summed E-state index contributed by atoms with van der Waals surface area (Å²) >= 11 is 0. The van der Waals surface area contributed by atoms with Crippen molar-refractivity contribution < 1.29 is 28.7 Å². The average molecular weight is 617 g/mol. The molecule has 0 radical (unpaired) electrons. The molecule has 0 unspecified atom stereocenters. The highest BCUT2D eigenvalue weighted by molar-refractivity contribution is 5.89. The van der Waals surface area contributed by atoms with E-state index in [-0.39, 0.29) is 35.6 Å². The van der Waals surface area contributed by atoms with Crippen LogP contribution in [0.1, 0.15) is 87.8 Å². The minimum absolute atomic E-state index is 0.00610. The van der Waals surface area contributed by atoms with Gasteiger partial charge in [0.25, 0.3) is 0 Å². The summed E-state index contributed by atoms with van der Waals surface area (Å²) in [4.78, 5) is 54.4. The molecule has 2 heterocycles. The predicted molar refractivity (Wildman–Crippen MR) is 172 cm³/mol. The zero-order valence-corrected chi connectivity index (χ0v) is 29.1. The van der Waals surface area contributed by atoms with Crippen molar-refractivity contribution in [1.82, 2.24) is 20.0 Å². The Labute approximate surface area is 264 Å². The summed E-state index contributed by atoms with van der Waals surface area (Å²) in [5, 5.41) is 2.81. The molecule has 5 atom stereocenters. The first-order valence-corrected chi connectivity index (χ1v) is 15.7. The van der Waals surface area contributed by atoms with Crippen LogP contribution in [0, 0.1) is 23.7 Å². The van der Waals surface area contributed by atoms with Gasteiger partial charge in [-0.2, -0.15) is 0 Å². The second-order valence-electron chi connectivity index (χ2n) is 14.7. The quantitative estimate of drug-likeness (QED) is 0.438. The molecule has 2 aliphatic heterocycles. The van der Waals surface area contributed by atoms with E-state index >= 15 is 0 Å². The molecule has 3 rings (SSSR count). The maximum atomic E-state index is 13.2. The number of hydrogen-bond acceptors (Lipinski definition) is 6. The smallest absolute Gasteiger partial charge is 0.410 e. The van der Waals surface area contributed by atoms with Crippen LogP contribution in [0.4, 0.5) is 9.59 Å². The molecule has 44 heavy (non-hydrogen) atoms. The van der Waals surface area contributed by atoms with Gasteiger partial charge in [0, 0.05) is 39.0 Å². The SMILES string of the molecule is CC(C)[C@H]1CN([C@@H](C)c2ccccc2)C(=O)[C@H]1N(C)C(=O)OC(C)(C)C.CC(C)[C@H]1CNC(=O)[C@H]1N(C)C(=O)OC(C)(C)C. The van der Waals surface area contributed by atoms with E-state index in [4.69, 9.17) is 9.47 Å². The summed E-state index contributed by atoms with van der Waals surface area (Å²) in [6.45, 7) is 22.6. The lowest BCUT2D eigenvalue weighted by molar-refractivity contribution is -0.133. The van der Waals surface area contributed by atoms with Crippen LogP contribution in [0.15, 0.2) is 30.3 Å². The summed E-state index contributed by atoms with van der Waals surface area (Å²) in [5.74, 6) is 0.720. The molecule has 0 spiro atoms. The van der Waals surface area contributed by atoms with Gasteiger partial charge in [-0.1, -0.05) is 58.0 Å². The molecule has 248 valence electrons. The van der Waals surface area contributed by atoms with Gasteiger partial charge in [-0.15, -0.1) is 0 Å². The number of rotatable bonds is 6. The molecular formula is C34H56N4O6. The monoisotopic (exact) mass is 616 g/mol.